The molecule has 0 aromatic heterocycles. The number of aliphatic hydroxyl groups is 1. The summed E-state index contributed by atoms with van der Waals surface area (Å²) in [6.07, 6.45) is 3.38. The molecule has 0 saturated carbocycles. The van der Waals surface area contributed by atoms with E-state index in [0.29, 0.717) is 0 Å². The highest BCUT2D eigenvalue weighted by Gasteiger charge is 2.76. The van der Waals surface area contributed by atoms with Gasteiger partial charge in [-0.15, -0.1) is 11.8 Å². The fraction of sp³-hybridized carbons (Fsp3) is 0.842. The van der Waals surface area contributed by atoms with Crippen LogP contribution in [0, 0.1) is 11.8 Å². The Morgan fingerprint density at radius 3 is 2.67 bits per heavy atom. The smallest absolute Gasteiger partial charge is 0.244 e. The van der Waals surface area contributed by atoms with Crippen molar-refractivity contribution in [3.63, 3.8) is 0 Å². The van der Waals surface area contributed by atoms with E-state index < -0.39 is 22.6 Å². The largest absolute Gasteiger partial charge is 0.395 e. The molecule has 3 aliphatic rings. The highest BCUT2D eigenvalue weighted by molar-refractivity contribution is 8.02. The number of aliphatic hydroxyl groups excluding tert-OH is 1. The van der Waals surface area contributed by atoms with E-state index in [1.54, 1.807) is 18.8 Å². The molecular weight excluding hydrogens is 366 g/mol. The molecule has 3 aliphatic heterocycles. The van der Waals surface area contributed by atoms with Gasteiger partial charge in [0.15, 0.2) is 0 Å². The average molecular weight is 398 g/mol. The second-order valence-electron chi connectivity index (χ2n) is 8.30. The van der Waals surface area contributed by atoms with Gasteiger partial charge in [0.1, 0.15) is 6.04 Å². The predicted octanol–water partition coefficient (Wildman–Crippen LogP) is 0.511. The first-order valence-corrected chi connectivity index (χ1v) is 10.7. The van der Waals surface area contributed by atoms with Gasteiger partial charge in [-0.05, 0) is 33.1 Å². The molecule has 0 radical (unpaired) electrons. The maximum Gasteiger partial charge on any atom is 0.244 e. The molecule has 0 aromatic carbocycles. The van der Waals surface area contributed by atoms with E-state index in [4.69, 9.17) is 0 Å². The first-order chi connectivity index (χ1) is 12.8. The number of nitrogens with zero attached hydrogens (tertiary/aromatic N) is 1. The quantitative estimate of drug-likeness (QED) is 0.581. The minimum absolute atomic E-state index is 0.0259. The minimum atomic E-state index is -0.636. The lowest BCUT2D eigenvalue weighted by molar-refractivity contribution is -0.141. The molecule has 27 heavy (non-hydrogen) atoms. The Morgan fingerprint density at radius 1 is 1.37 bits per heavy atom. The Bertz CT molecular complexity index is 644. The molecular formula is C19H31N3O4S. The molecule has 3 fully saturated rings. The van der Waals surface area contributed by atoms with Crippen molar-refractivity contribution in [1.82, 2.24) is 15.5 Å². The lowest BCUT2D eigenvalue weighted by atomic mass is 9.66. The van der Waals surface area contributed by atoms with Gasteiger partial charge in [0.25, 0.3) is 0 Å². The van der Waals surface area contributed by atoms with E-state index in [0.717, 1.165) is 25.7 Å². The summed E-state index contributed by atoms with van der Waals surface area (Å²) in [5, 5.41) is 15.3. The number of fused-ring (bicyclic) bond motifs is 1. The predicted molar refractivity (Wildman–Crippen MR) is 104 cm³/mol. The number of amides is 3. The van der Waals surface area contributed by atoms with Crippen molar-refractivity contribution in [2.24, 2.45) is 11.8 Å². The fourth-order valence-electron chi connectivity index (χ4n) is 5.46. The number of β-amino-alcohol motifs (C(OH)–C–C–N with tert-alkyl or cyclic N) is 1. The summed E-state index contributed by atoms with van der Waals surface area (Å²) in [6, 6.07) is -0.610. The zero-order valence-corrected chi connectivity index (χ0v) is 17.4. The van der Waals surface area contributed by atoms with E-state index in [-0.39, 0.29) is 41.7 Å². The second kappa shape index (κ2) is 7.28. The van der Waals surface area contributed by atoms with Gasteiger partial charge in [0.2, 0.25) is 17.7 Å². The number of hydrogen-bond acceptors (Lipinski definition) is 5. The summed E-state index contributed by atoms with van der Waals surface area (Å²) < 4.78 is -0.923. The number of nitrogens with one attached hydrogen (secondary N) is 2. The van der Waals surface area contributed by atoms with E-state index in [1.165, 1.54) is 4.90 Å². The number of hydrogen-bond donors (Lipinski definition) is 3. The van der Waals surface area contributed by atoms with E-state index in [2.05, 4.69) is 17.6 Å². The molecule has 7 nitrogen and oxygen atoms in total. The molecule has 6 atom stereocenters. The maximum atomic E-state index is 13.3. The van der Waals surface area contributed by atoms with Crippen LogP contribution in [0.3, 0.4) is 0 Å². The molecule has 2 bridgehead atoms. The summed E-state index contributed by atoms with van der Waals surface area (Å²) in [6.45, 7) is 6.00. The topological polar surface area (TPSA) is 98.7 Å². The van der Waals surface area contributed by atoms with Crippen LogP contribution in [0.4, 0.5) is 0 Å². The van der Waals surface area contributed by atoms with Crippen molar-refractivity contribution in [2.75, 3.05) is 20.2 Å². The van der Waals surface area contributed by atoms with Crippen molar-refractivity contribution in [2.45, 2.75) is 68.0 Å². The van der Waals surface area contributed by atoms with Gasteiger partial charge in [-0.3, -0.25) is 14.4 Å². The van der Waals surface area contributed by atoms with Crippen LogP contribution in [0.1, 0.15) is 46.5 Å². The summed E-state index contributed by atoms with van der Waals surface area (Å²) in [7, 11) is 1.59. The van der Waals surface area contributed by atoms with Gasteiger partial charge in [-0.25, -0.2) is 0 Å². The van der Waals surface area contributed by atoms with Crippen molar-refractivity contribution in [3.8, 4) is 0 Å². The Kier molecular flexibility index (Phi) is 5.51. The van der Waals surface area contributed by atoms with Crippen molar-refractivity contribution >= 4 is 29.5 Å². The number of thioether (sulfide) groups is 1. The molecule has 3 amide bonds. The first kappa shape index (κ1) is 20.5. The molecule has 0 aromatic rings. The highest BCUT2D eigenvalue weighted by Crippen LogP contribution is 2.71. The monoisotopic (exact) mass is 397 g/mol. The van der Waals surface area contributed by atoms with Crippen LogP contribution in [0.5, 0.6) is 0 Å². The Balaban J connectivity index is 1.99. The second-order valence-corrected chi connectivity index (χ2v) is 10.2. The van der Waals surface area contributed by atoms with Gasteiger partial charge in [0, 0.05) is 24.4 Å². The molecule has 152 valence electrons. The molecule has 3 rings (SSSR count). The summed E-state index contributed by atoms with van der Waals surface area (Å²) in [5.41, 5.74) is 0. The summed E-state index contributed by atoms with van der Waals surface area (Å²) in [5.74, 6) is -1.41. The third-order valence-electron chi connectivity index (χ3n) is 6.51. The molecule has 3 heterocycles. The summed E-state index contributed by atoms with van der Waals surface area (Å²) in [4.78, 5) is 40.7. The van der Waals surface area contributed by atoms with Crippen molar-refractivity contribution in [3.05, 3.63) is 0 Å². The third kappa shape index (κ3) is 2.95. The van der Waals surface area contributed by atoms with Crippen LogP contribution in [0.25, 0.3) is 0 Å². The number of carbonyl (C=O) groups is 3. The van der Waals surface area contributed by atoms with Gasteiger partial charge >= 0.3 is 0 Å². The van der Waals surface area contributed by atoms with Crippen LogP contribution >= 0.6 is 11.8 Å². The molecule has 3 saturated heterocycles. The minimum Gasteiger partial charge on any atom is -0.395 e. The van der Waals surface area contributed by atoms with Crippen LogP contribution in [-0.4, -0.2) is 69.5 Å². The Labute approximate surface area is 165 Å². The normalized spacial score (nSPS) is 38.0. The van der Waals surface area contributed by atoms with Gasteiger partial charge in [-0.1, -0.05) is 13.3 Å². The number of likely N-dealkylation sites (tertiary alicyclic amines) is 1. The van der Waals surface area contributed by atoms with Crippen LogP contribution in [0.15, 0.2) is 0 Å². The maximum absolute atomic E-state index is 13.3. The van der Waals surface area contributed by atoms with Crippen molar-refractivity contribution < 1.29 is 19.5 Å². The Morgan fingerprint density at radius 2 is 2.07 bits per heavy atom. The van der Waals surface area contributed by atoms with Gasteiger partial charge < -0.3 is 20.6 Å². The third-order valence-corrected chi connectivity index (χ3v) is 8.49. The summed E-state index contributed by atoms with van der Waals surface area (Å²) >= 11 is 1.65. The zero-order valence-electron chi connectivity index (χ0n) is 16.6. The molecule has 1 spiro atoms. The van der Waals surface area contributed by atoms with Crippen LogP contribution in [-0.2, 0) is 14.4 Å². The SMILES string of the molecule is CCCC(C)NC(=O)C1N(CCO)C(=O)[C@@H]2[C@H](C(=O)NC)[C@]3(C)CCC12S3. The van der Waals surface area contributed by atoms with E-state index in [1.807, 2.05) is 13.8 Å². The number of rotatable bonds is 7. The average Bonchev–Trinajstić information content (AvgIpc) is 3.16. The van der Waals surface area contributed by atoms with E-state index in [9.17, 15) is 19.5 Å². The zero-order chi connectivity index (χ0) is 20.0. The molecule has 3 N–H and O–H groups in total. The van der Waals surface area contributed by atoms with Crippen LogP contribution in [0.2, 0.25) is 0 Å². The van der Waals surface area contributed by atoms with Gasteiger partial charge in [0.05, 0.1) is 23.2 Å². The fourth-order valence-corrected chi connectivity index (χ4v) is 7.81. The number of carbonyl (C=O) groups excluding carboxylic acids is 3. The molecule has 3 unspecified atom stereocenters. The lowest BCUT2D eigenvalue weighted by Crippen LogP contribution is -2.55. The first-order valence-electron chi connectivity index (χ1n) is 9.89. The van der Waals surface area contributed by atoms with Crippen molar-refractivity contribution in [1.29, 1.82) is 0 Å². The van der Waals surface area contributed by atoms with E-state index >= 15 is 0 Å². The standard InChI is InChI=1S/C19H31N3O4S/c1-5-6-11(2)21-16(25)14-19-8-7-18(3,27-19)12(15(24)20-4)13(19)17(26)22(14)9-10-23/h11-14,23H,5-10H2,1-4H3,(H,20,24)(H,21,25)/t11?,12-,13+,14?,18+,19?/m1/s1. The Hall–Kier alpha value is -1.28. The molecule has 0 aliphatic carbocycles. The van der Waals surface area contributed by atoms with Gasteiger partial charge in [-0.2, -0.15) is 0 Å². The highest BCUT2D eigenvalue weighted by atomic mass is 32.2. The molecule has 8 heteroatoms. The lowest BCUT2D eigenvalue weighted by Gasteiger charge is -2.35. The van der Waals surface area contributed by atoms with Crippen LogP contribution < -0.4 is 10.6 Å².